The predicted molar refractivity (Wildman–Crippen MR) is 74.1 cm³/mol. The van der Waals surface area contributed by atoms with E-state index in [1.165, 1.54) is 0 Å². The fourth-order valence-electron chi connectivity index (χ4n) is 1.39. The molecule has 0 aliphatic rings. The Balaban J connectivity index is 0.00000128. The van der Waals surface area contributed by atoms with Crippen LogP contribution in [-0.4, -0.2) is 0 Å². The highest BCUT2D eigenvalue weighted by atomic mass is 35.5. The number of benzene rings is 1. The maximum absolute atomic E-state index is 6.10. The molecule has 86 valence electrons. The summed E-state index contributed by atoms with van der Waals surface area (Å²) in [6.07, 6.45) is 0. The molecule has 0 fully saturated rings. The lowest BCUT2D eigenvalue weighted by molar-refractivity contribution is 0.877. The van der Waals surface area contributed by atoms with Gasteiger partial charge >= 0.3 is 0 Å². The number of nitrogens with two attached hydrogens (primary N) is 1. The molecular formula is C11H10Cl3NS. The summed E-state index contributed by atoms with van der Waals surface area (Å²) in [7, 11) is 0. The summed E-state index contributed by atoms with van der Waals surface area (Å²) in [6, 6.07) is 7.30. The molecule has 1 nitrogen and oxygen atoms in total. The Kier molecular flexibility index (Phi) is 5.09. The van der Waals surface area contributed by atoms with Crippen LogP contribution in [0.15, 0.2) is 35.0 Å². The van der Waals surface area contributed by atoms with E-state index in [2.05, 4.69) is 0 Å². The van der Waals surface area contributed by atoms with Gasteiger partial charge in [0.2, 0.25) is 0 Å². The largest absolute Gasteiger partial charge is 0.320 e. The quantitative estimate of drug-likeness (QED) is 0.865. The van der Waals surface area contributed by atoms with Crippen molar-refractivity contribution in [3.8, 4) is 0 Å². The van der Waals surface area contributed by atoms with Crippen molar-refractivity contribution in [2.24, 2.45) is 5.73 Å². The number of thiophene rings is 1. The lowest BCUT2D eigenvalue weighted by Gasteiger charge is -2.12. The van der Waals surface area contributed by atoms with Crippen LogP contribution < -0.4 is 5.73 Å². The number of hydrogen-bond acceptors (Lipinski definition) is 2. The zero-order valence-electron chi connectivity index (χ0n) is 8.19. The molecule has 2 rings (SSSR count). The lowest BCUT2D eigenvalue weighted by atomic mass is 10.0. The van der Waals surface area contributed by atoms with E-state index in [0.29, 0.717) is 10.0 Å². The third kappa shape index (κ3) is 2.70. The molecule has 2 aromatic rings. The third-order valence-corrected chi connectivity index (χ3v) is 3.75. The Morgan fingerprint density at radius 3 is 2.56 bits per heavy atom. The Labute approximate surface area is 115 Å². The fourth-order valence-corrected chi connectivity index (χ4v) is 2.51. The van der Waals surface area contributed by atoms with Crippen molar-refractivity contribution in [3.63, 3.8) is 0 Å². The Bertz CT molecular complexity index is 456. The molecule has 0 aliphatic carbocycles. The van der Waals surface area contributed by atoms with E-state index in [4.69, 9.17) is 28.9 Å². The van der Waals surface area contributed by atoms with Crippen molar-refractivity contribution in [1.29, 1.82) is 0 Å². The lowest BCUT2D eigenvalue weighted by Crippen LogP contribution is -2.11. The van der Waals surface area contributed by atoms with Crippen molar-refractivity contribution in [3.05, 3.63) is 56.2 Å². The smallest absolute Gasteiger partial charge is 0.0643 e. The molecule has 0 bridgehead atoms. The van der Waals surface area contributed by atoms with E-state index in [-0.39, 0.29) is 18.4 Å². The molecule has 0 saturated heterocycles. The average molecular weight is 295 g/mol. The van der Waals surface area contributed by atoms with Crippen molar-refractivity contribution >= 4 is 46.9 Å². The molecule has 1 aromatic carbocycles. The molecule has 1 heterocycles. The molecule has 0 spiro atoms. The molecule has 5 heteroatoms. The summed E-state index contributed by atoms with van der Waals surface area (Å²) in [6.45, 7) is 0. The minimum atomic E-state index is -0.206. The van der Waals surface area contributed by atoms with Gasteiger partial charge in [-0.05, 0) is 34.0 Å². The van der Waals surface area contributed by atoms with Gasteiger partial charge < -0.3 is 5.73 Å². The van der Waals surface area contributed by atoms with Crippen molar-refractivity contribution in [2.75, 3.05) is 0 Å². The van der Waals surface area contributed by atoms with Crippen LogP contribution in [0.3, 0.4) is 0 Å². The first-order valence-corrected chi connectivity index (χ1v) is 6.11. The summed E-state index contributed by atoms with van der Waals surface area (Å²) in [5.74, 6) is 0. The van der Waals surface area contributed by atoms with Gasteiger partial charge in [-0.1, -0.05) is 35.3 Å². The SMILES string of the molecule is Cl.N[C@@H](c1ccsc1)c1cccc(Cl)c1Cl. The minimum Gasteiger partial charge on any atom is -0.320 e. The van der Waals surface area contributed by atoms with Gasteiger partial charge in [0.15, 0.2) is 0 Å². The predicted octanol–water partition coefficient (Wildman–Crippen LogP) is 4.52. The van der Waals surface area contributed by atoms with Gasteiger partial charge in [0.05, 0.1) is 16.1 Å². The van der Waals surface area contributed by atoms with Crippen molar-refractivity contribution < 1.29 is 0 Å². The maximum Gasteiger partial charge on any atom is 0.0643 e. The topological polar surface area (TPSA) is 26.0 Å². The van der Waals surface area contributed by atoms with Crippen LogP contribution in [0.1, 0.15) is 17.2 Å². The molecule has 0 radical (unpaired) electrons. The second kappa shape index (κ2) is 5.89. The van der Waals surface area contributed by atoms with Crippen LogP contribution in [0.25, 0.3) is 0 Å². The van der Waals surface area contributed by atoms with Crippen LogP contribution in [0, 0.1) is 0 Å². The zero-order chi connectivity index (χ0) is 10.8. The Hall–Kier alpha value is -0.250. The zero-order valence-corrected chi connectivity index (χ0v) is 11.3. The summed E-state index contributed by atoms with van der Waals surface area (Å²) >= 11 is 13.6. The van der Waals surface area contributed by atoms with Gasteiger partial charge in [0.1, 0.15) is 0 Å². The standard InChI is InChI=1S/C11H9Cl2NS.ClH/c12-9-3-1-2-8(10(9)13)11(14)7-4-5-15-6-7;/h1-6,11H,14H2;1H/t11-;/m0./s1. The summed E-state index contributed by atoms with van der Waals surface area (Å²) in [5.41, 5.74) is 8.02. The van der Waals surface area contributed by atoms with Crippen molar-refractivity contribution in [2.45, 2.75) is 6.04 Å². The minimum absolute atomic E-state index is 0. The molecule has 0 amide bonds. The first kappa shape index (κ1) is 13.8. The van der Waals surface area contributed by atoms with Gasteiger partial charge in [-0.15, -0.1) is 12.4 Å². The third-order valence-electron chi connectivity index (χ3n) is 2.22. The van der Waals surface area contributed by atoms with E-state index >= 15 is 0 Å². The van der Waals surface area contributed by atoms with E-state index < -0.39 is 0 Å². The first-order valence-electron chi connectivity index (χ1n) is 4.41. The van der Waals surface area contributed by atoms with E-state index in [1.807, 2.05) is 29.0 Å². The molecule has 1 aromatic heterocycles. The van der Waals surface area contributed by atoms with Crippen LogP contribution in [0.4, 0.5) is 0 Å². The van der Waals surface area contributed by atoms with E-state index in [1.54, 1.807) is 17.4 Å². The van der Waals surface area contributed by atoms with Gasteiger partial charge in [0, 0.05) is 0 Å². The van der Waals surface area contributed by atoms with E-state index in [9.17, 15) is 0 Å². The first-order chi connectivity index (χ1) is 7.20. The van der Waals surface area contributed by atoms with Crippen LogP contribution in [-0.2, 0) is 0 Å². The number of hydrogen-bond donors (Lipinski definition) is 1. The average Bonchev–Trinajstić information content (AvgIpc) is 2.74. The van der Waals surface area contributed by atoms with Crippen molar-refractivity contribution in [1.82, 2.24) is 0 Å². The summed E-state index contributed by atoms with van der Waals surface area (Å²) < 4.78 is 0. The van der Waals surface area contributed by atoms with Gasteiger partial charge in [-0.3, -0.25) is 0 Å². The highest BCUT2D eigenvalue weighted by Crippen LogP contribution is 2.32. The van der Waals surface area contributed by atoms with E-state index in [0.717, 1.165) is 11.1 Å². The Morgan fingerprint density at radius 2 is 1.94 bits per heavy atom. The van der Waals surface area contributed by atoms with Gasteiger partial charge in [0.25, 0.3) is 0 Å². The second-order valence-corrected chi connectivity index (χ2v) is 4.74. The summed E-state index contributed by atoms with van der Waals surface area (Å²) in [5, 5.41) is 5.09. The van der Waals surface area contributed by atoms with Crippen LogP contribution in [0.2, 0.25) is 10.0 Å². The highest BCUT2D eigenvalue weighted by Gasteiger charge is 2.14. The second-order valence-electron chi connectivity index (χ2n) is 3.18. The molecule has 0 unspecified atom stereocenters. The number of rotatable bonds is 2. The maximum atomic E-state index is 6.10. The Morgan fingerprint density at radius 1 is 1.19 bits per heavy atom. The number of halogens is 3. The molecule has 2 N–H and O–H groups in total. The van der Waals surface area contributed by atoms with Crippen LogP contribution in [0.5, 0.6) is 0 Å². The highest BCUT2D eigenvalue weighted by molar-refractivity contribution is 7.08. The van der Waals surface area contributed by atoms with Gasteiger partial charge in [-0.25, -0.2) is 0 Å². The molecule has 0 aliphatic heterocycles. The molecule has 0 saturated carbocycles. The molecule has 1 atom stereocenters. The van der Waals surface area contributed by atoms with Crippen LogP contribution >= 0.6 is 46.9 Å². The fraction of sp³-hybridized carbons (Fsp3) is 0.0909. The monoisotopic (exact) mass is 293 g/mol. The summed E-state index contributed by atoms with van der Waals surface area (Å²) in [4.78, 5) is 0. The molecule has 16 heavy (non-hydrogen) atoms. The molecular weight excluding hydrogens is 285 g/mol. The normalized spacial score (nSPS) is 11.9. The van der Waals surface area contributed by atoms with Gasteiger partial charge in [-0.2, -0.15) is 11.3 Å².